The van der Waals surface area contributed by atoms with Crippen LogP contribution in [0.1, 0.15) is 6.92 Å². The van der Waals surface area contributed by atoms with Crippen LogP contribution in [0, 0.1) is 0 Å². The second kappa shape index (κ2) is 7.92. The second-order valence-corrected chi connectivity index (χ2v) is 6.74. The molecule has 1 aromatic heterocycles. The van der Waals surface area contributed by atoms with Crippen LogP contribution in [0.15, 0.2) is 68.9 Å². The Balaban J connectivity index is 1.78. The Hall–Kier alpha value is -3.00. The zero-order valence-electron chi connectivity index (χ0n) is 14.3. The van der Waals surface area contributed by atoms with E-state index in [0.29, 0.717) is 16.5 Å². The zero-order chi connectivity index (χ0) is 18.5. The fraction of sp³-hybridized carbons (Fsp3) is 0.167. The van der Waals surface area contributed by atoms with Crippen molar-refractivity contribution in [1.29, 1.82) is 0 Å². The molecule has 0 bridgehead atoms. The van der Waals surface area contributed by atoms with Gasteiger partial charge in [0, 0.05) is 12.1 Å². The first-order valence-corrected chi connectivity index (χ1v) is 8.77. The van der Waals surface area contributed by atoms with E-state index in [0.717, 1.165) is 17.4 Å². The van der Waals surface area contributed by atoms with Gasteiger partial charge >= 0.3 is 10.7 Å². The molecule has 0 fully saturated rings. The summed E-state index contributed by atoms with van der Waals surface area (Å²) in [7, 11) is 1.54. The molecule has 0 aliphatic rings. The van der Waals surface area contributed by atoms with E-state index in [1.54, 1.807) is 25.1 Å². The van der Waals surface area contributed by atoms with Gasteiger partial charge in [0.2, 0.25) is 11.6 Å². The summed E-state index contributed by atoms with van der Waals surface area (Å²) in [5.41, 5.74) is 0.776. The van der Waals surface area contributed by atoms with E-state index in [9.17, 15) is 9.59 Å². The molecule has 2 N–H and O–H groups in total. The van der Waals surface area contributed by atoms with Gasteiger partial charge in [-0.2, -0.15) is 0 Å². The minimum atomic E-state index is -0.534. The van der Waals surface area contributed by atoms with Crippen molar-refractivity contribution in [1.82, 2.24) is 5.27 Å². The van der Waals surface area contributed by atoms with Crippen LogP contribution in [0.3, 0.4) is 0 Å². The van der Waals surface area contributed by atoms with E-state index in [-0.39, 0.29) is 5.91 Å². The van der Waals surface area contributed by atoms with Crippen molar-refractivity contribution >= 4 is 23.4 Å². The molecular weight excluding hydrogens is 354 g/mol. The number of hydrogen-bond acceptors (Lipinski definition) is 5. The fourth-order valence-electron chi connectivity index (χ4n) is 2.31. The van der Waals surface area contributed by atoms with Gasteiger partial charge in [-0.1, -0.05) is 30.3 Å². The van der Waals surface area contributed by atoms with Gasteiger partial charge in [-0.25, -0.2) is 4.79 Å². The molecule has 0 saturated carbocycles. The Morgan fingerprint density at radius 2 is 1.88 bits per heavy atom. The number of carbonyl (C=O) groups excluding carboxylic acids is 1. The molecule has 0 spiro atoms. The normalized spacial score (nSPS) is 11.8. The Bertz CT molecular complexity index is 952. The monoisotopic (exact) mass is 372 g/mol. The summed E-state index contributed by atoms with van der Waals surface area (Å²) in [4.78, 5) is 24.6. The molecule has 1 atom stereocenters. The second-order valence-electron chi connectivity index (χ2n) is 5.41. The molecule has 8 heteroatoms. The molecule has 1 unspecified atom stereocenters. The number of methoxy groups -OCH3 is 1. The molecule has 1 amide bonds. The summed E-state index contributed by atoms with van der Waals surface area (Å²) in [5, 5.41) is 5.13. The van der Waals surface area contributed by atoms with Gasteiger partial charge in [-0.3, -0.25) is 9.32 Å². The quantitative estimate of drug-likeness (QED) is 0.512. The SMILES string of the molecule is COc1ccccc1NC(=O)C(C)Sc1c(=O)o[nH][n+]1-c1ccccc1. The van der Waals surface area contributed by atoms with Gasteiger partial charge < -0.3 is 10.1 Å². The number of carbonyl (C=O) groups is 1. The highest BCUT2D eigenvalue weighted by Gasteiger charge is 2.29. The van der Waals surface area contributed by atoms with Gasteiger partial charge in [0.1, 0.15) is 5.75 Å². The van der Waals surface area contributed by atoms with E-state index < -0.39 is 10.9 Å². The van der Waals surface area contributed by atoms with Crippen LogP contribution in [0.2, 0.25) is 0 Å². The van der Waals surface area contributed by atoms with Crippen LogP contribution in [0.4, 0.5) is 5.69 Å². The predicted octanol–water partition coefficient (Wildman–Crippen LogP) is 2.37. The summed E-state index contributed by atoms with van der Waals surface area (Å²) in [6.07, 6.45) is 0. The highest BCUT2D eigenvalue weighted by Crippen LogP contribution is 2.25. The first-order valence-electron chi connectivity index (χ1n) is 7.89. The van der Waals surface area contributed by atoms with Gasteiger partial charge in [0.25, 0.3) is 0 Å². The molecule has 26 heavy (non-hydrogen) atoms. The largest absolute Gasteiger partial charge is 0.495 e. The lowest BCUT2D eigenvalue weighted by molar-refractivity contribution is -0.704. The number of nitrogens with one attached hydrogen (secondary N) is 2. The molecule has 0 saturated heterocycles. The summed E-state index contributed by atoms with van der Waals surface area (Å²) in [6.45, 7) is 1.72. The third-order valence-electron chi connectivity index (χ3n) is 3.64. The maximum Gasteiger partial charge on any atom is 0.442 e. The third-order valence-corrected chi connectivity index (χ3v) is 4.78. The number of rotatable bonds is 6. The molecule has 2 aromatic carbocycles. The van der Waals surface area contributed by atoms with Gasteiger partial charge in [0.05, 0.1) is 18.0 Å². The number of aromatic nitrogens is 2. The number of amides is 1. The number of aromatic amines is 1. The highest BCUT2D eigenvalue weighted by atomic mass is 32.2. The van der Waals surface area contributed by atoms with E-state index >= 15 is 0 Å². The average molecular weight is 372 g/mol. The van der Waals surface area contributed by atoms with Crippen LogP contribution < -0.4 is 20.4 Å². The first-order chi connectivity index (χ1) is 12.6. The minimum Gasteiger partial charge on any atom is -0.495 e. The van der Waals surface area contributed by atoms with Crippen LogP contribution >= 0.6 is 11.8 Å². The van der Waals surface area contributed by atoms with Crippen LogP contribution in [-0.2, 0) is 4.79 Å². The Labute approximate surface area is 153 Å². The number of H-pyrrole nitrogens is 1. The van der Waals surface area contributed by atoms with Crippen molar-refractivity contribution in [2.24, 2.45) is 0 Å². The van der Waals surface area contributed by atoms with Crippen molar-refractivity contribution < 1.29 is 18.7 Å². The topological polar surface area (TPSA) is 88.2 Å². The smallest absolute Gasteiger partial charge is 0.442 e. The van der Waals surface area contributed by atoms with Crippen molar-refractivity contribution in [3.63, 3.8) is 0 Å². The molecular formula is C18H18N3O4S+. The number of ether oxygens (including phenoxy) is 1. The standard InChI is InChI=1S/C18H17N3O4S/c1-12(16(22)19-14-10-6-7-11-15(14)24-2)26-17-18(23)25-20-21(17)13-8-4-3-5-9-13/h3-12H,1-2H3,(H-,19,20,22,23)/p+1. The molecule has 0 aliphatic heterocycles. The van der Waals surface area contributed by atoms with E-state index in [4.69, 9.17) is 9.26 Å². The predicted molar refractivity (Wildman–Crippen MR) is 97.8 cm³/mol. The molecule has 0 aliphatic carbocycles. The third kappa shape index (κ3) is 3.80. The lowest BCUT2D eigenvalue weighted by Crippen LogP contribution is -2.37. The van der Waals surface area contributed by atoms with Crippen LogP contribution in [-0.4, -0.2) is 23.5 Å². The number of thioether (sulfide) groups is 1. The van der Waals surface area contributed by atoms with E-state index in [1.807, 2.05) is 36.4 Å². The number of anilines is 1. The maximum atomic E-state index is 12.5. The molecule has 3 rings (SSSR count). The number of hydrogen-bond donors (Lipinski definition) is 2. The van der Waals surface area contributed by atoms with Crippen LogP contribution in [0.5, 0.6) is 5.75 Å². The average Bonchev–Trinajstić information content (AvgIpc) is 3.03. The first kappa shape index (κ1) is 17.8. The fourth-order valence-corrected chi connectivity index (χ4v) is 3.20. The molecule has 134 valence electrons. The van der Waals surface area contributed by atoms with E-state index in [1.165, 1.54) is 11.8 Å². The Kier molecular flexibility index (Phi) is 5.43. The van der Waals surface area contributed by atoms with Crippen molar-refractivity contribution in [3.8, 4) is 11.4 Å². The van der Waals surface area contributed by atoms with Gasteiger partial charge in [-0.05, 0) is 40.8 Å². The summed E-state index contributed by atoms with van der Waals surface area (Å²) >= 11 is 1.11. The number of para-hydroxylation sites is 3. The van der Waals surface area contributed by atoms with Crippen molar-refractivity contribution in [2.75, 3.05) is 12.4 Å². The van der Waals surface area contributed by atoms with Gasteiger partial charge in [0.15, 0.2) is 0 Å². The zero-order valence-corrected chi connectivity index (χ0v) is 15.1. The molecule has 3 aromatic rings. The lowest BCUT2D eigenvalue weighted by atomic mass is 10.3. The summed E-state index contributed by atoms with van der Waals surface area (Å²) in [6, 6.07) is 16.4. The Morgan fingerprint density at radius 3 is 2.62 bits per heavy atom. The lowest BCUT2D eigenvalue weighted by Gasteiger charge is -2.12. The van der Waals surface area contributed by atoms with Gasteiger partial charge in [-0.15, -0.1) is 0 Å². The minimum absolute atomic E-state index is 0.250. The van der Waals surface area contributed by atoms with Crippen molar-refractivity contribution in [3.05, 3.63) is 65.0 Å². The molecule has 0 radical (unpaired) electrons. The summed E-state index contributed by atoms with van der Waals surface area (Å²) < 4.78 is 11.6. The van der Waals surface area contributed by atoms with Crippen LogP contribution in [0.25, 0.3) is 5.69 Å². The Morgan fingerprint density at radius 1 is 1.19 bits per heavy atom. The van der Waals surface area contributed by atoms with E-state index in [2.05, 4.69) is 10.6 Å². The maximum absolute atomic E-state index is 12.5. The summed E-state index contributed by atoms with van der Waals surface area (Å²) in [5.74, 6) is 0.318. The highest BCUT2D eigenvalue weighted by molar-refractivity contribution is 8.00. The number of benzene rings is 2. The molecule has 7 nitrogen and oxygen atoms in total. The number of nitrogens with zero attached hydrogens (tertiary/aromatic N) is 1. The van der Waals surface area contributed by atoms with Crippen molar-refractivity contribution in [2.45, 2.75) is 17.2 Å². The molecule has 1 heterocycles.